The summed E-state index contributed by atoms with van der Waals surface area (Å²) in [5.41, 5.74) is 5.40. The van der Waals surface area contributed by atoms with E-state index in [9.17, 15) is 4.79 Å². The highest BCUT2D eigenvalue weighted by molar-refractivity contribution is 5.98. The van der Waals surface area contributed by atoms with Gasteiger partial charge in [0, 0.05) is 5.56 Å². The van der Waals surface area contributed by atoms with Gasteiger partial charge in [0.05, 0.1) is 18.5 Å². The normalized spacial score (nSPS) is 11.1. The lowest BCUT2D eigenvalue weighted by molar-refractivity contribution is 0.0950. The molecule has 1 amide bonds. The van der Waals surface area contributed by atoms with Crippen molar-refractivity contribution in [3.63, 3.8) is 0 Å². The topological polar surface area (TPSA) is 79.4 Å². The molecule has 6 heteroatoms. The summed E-state index contributed by atoms with van der Waals surface area (Å²) in [5.74, 6) is 0.443. The fourth-order valence-electron chi connectivity index (χ4n) is 3.07. The minimum Gasteiger partial charge on any atom is -0.494 e. The number of hydrazone groups is 1. The van der Waals surface area contributed by atoms with Crippen LogP contribution < -0.4 is 10.2 Å². The van der Waals surface area contributed by atoms with Crippen LogP contribution in [0.1, 0.15) is 23.0 Å². The molecule has 4 aromatic rings. The van der Waals surface area contributed by atoms with E-state index >= 15 is 0 Å². The Morgan fingerprint density at radius 2 is 1.90 bits per heavy atom. The minimum atomic E-state index is -0.355. The molecule has 0 radical (unpaired) electrons. The predicted octanol–water partition coefficient (Wildman–Crippen LogP) is 4.39. The van der Waals surface area contributed by atoms with E-state index in [0.29, 0.717) is 18.0 Å². The van der Waals surface area contributed by atoms with Crippen LogP contribution in [0.4, 0.5) is 0 Å². The highest BCUT2D eigenvalue weighted by Crippen LogP contribution is 2.27. The van der Waals surface area contributed by atoms with Gasteiger partial charge in [0.1, 0.15) is 11.4 Å². The number of benzene rings is 3. The van der Waals surface area contributed by atoms with E-state index in [4.69, 9.17) is 4.74 Å². The van der Waals surface area contributed by atoms with Crippen LogP contribution in [0.3, 0.4) is 0 Å². The second kappa shape index (κ2) is 8.39. The third kappa shape index (κ3) is 4.16. The molecular weight excluding hydrogens is 364 g/mol. The number of nitrogens with one attached hydrogen (secondary N) is 2. The number of aromatic nitrogens is 2. The molecule has 0 atom stereocenters. The van der Waals surface area contributed by atoms with E-state index in [1.54, 1.807) is 12.3 Å². The van der Waals surface area contributed by atoms with Gasteiger partial charge in [-0.2, -0.15) is 10.2 Å². The van der Waals surface area contributed by atoms with Gasteiger partial charge < -0.3 is 4.74 Å². The molecule has 1 aromatic heterocycles. The largest absolute Gasteiger partial charge is 0.494 e. The van der Waals surface area contributed by atoms with Crippen molar-refractivity contribution >= 4 is 22.9 Å². The number of nitrogens with zero attached hydrogens (tertiary/aromatic N) is 2. The molecule has 0 aliphatic heterocycles. The summed E-state index contributed by atoms with van der Waals surface area (Å²) in [5, 5.41) is 13.3. The molecule has 4 rings (SSSR count). The van der Waals surface area contributed by atoms with Gasteiger partial charge in [-0.05, 0) is 53.6 Å². The predicted molar refractivity (Wildman–Crippen MR) is 114 cm³/mol. The molecule has 0 aliphatic carbocycles. The Bertz CT molecular complexity index is 1160. The van der Waals surface area contributed by atoms with Gasteiger partial charge in [-0.3, -0.25) is 9.89 Å². The van der Waals surface area contributed by atoms with Gasteiger partial charge in [0.2, 0.25) is 0 Å². The number of H-pyrrole nitrogens is 1. The van der Waals surface area contributed by atoms with Crippen LogP contribution in [-0.4, -0.2) is 28.9 Å². The highest BCUT2D eigenvalue weighted by atomic mass is 16.5. The molecule has 2 N–H and O–H groups in total. The molecule has 0 aliphatic rings. The number of fused-ring (bicyclic) bond motifs is 1. The third-order valence-corrected chi connectivity index (χ3v) is 4.46. The second-order valence-corrected chi connectivity index (χ2v) is 6.39. The number of rotatable bonds is 6. The Balaban J connectivity index is 1.46. The molecule has 0 saturated heterocycles. The monoisotopic (exact) mass is 384 g/mol. The van der Waals surface area contributed by atoms with E-state index in [1.165, 1.54) is 0 Å². The van der Waals surface area contributed by atoms with Gasteiger partial charge in [-0.25, -0.2) is 5.43 Å². The summed E-state index contributed by atoms with van der Waals surface area (Å²) in [4.78, 5) is 12.4. The van der Waals surface area contributed by atoms with Crippen LogP contribution in [0.2, 0.25) is 0 Å². The van der Waals surface area contributed by atoms with Crippen molar-refractivity contribution in [3.8, 4) is 17.0 Å². The van der Waals surface area contributed by atoms with Crippen molar-refractivity contribution in [1.82, 2.24) is 15.6 Å². The average Bonchev–Trinajstić information content (AvgIpc) is 3.25. The molecule has 1 heterocycles. The van der Waals surface area contributed by atoms with Gasteiger partial charge in [0.25, 0.3) is 5.91 Å². The Kier molecular flexibility index (Phi) is 5.33. The van der Waals surface area contributed by atoms with E-state index in [0.717, 1.165) is 27.6 Å². The Labute approximate surface area is 168 Å². The lowest BCUT2D eigenvalue weighted by Crippen LogP contribution is -2.17. The van der Waals surface area contributed by atoms with Crippen LogP contribution >= 0.6 is 0 Å². The maximum Gasteiger partial charge on any atom is 0.289 e. The summed E-state index contributed by atoms with van der Waals surface area (Å²) in [6.45, 7) is 2.56. The number of carbonyl (C=O) groups excluding carboxylic acids is 1. The van der Waals surface area contributed by atoms with Crippen LogP contribution in [0.5, 0.6) is 5.75 Å². The van der Waals surface area contributed by atoms with E-state index in [2.05, 4.69) is 32.9 Å². The molecule has 0 unspecified atom stereocenters. The lowest BCUT2D eigenvalue weighted by atomic mass is 10.0. The molecule has 0 spiro atoms. The van der Waals surface area contributed by atoms with Gasteiger partial charge in [-0.15, -0.1) is 0 Å². The lowest BCUT2D eigenvalue weighted by Gasteiger charge is -2.03. The van der Waals surface area contributed by atoms with E-state index in [-0.39, 0.29) is 5.91 Å². The summed E-state index contributed by atoms with van der Waals surface area (Å²) in [6.07, 6.45) is 1.58. The van der Waals surface area contributed by atoms with Crippen LogP contribution in [-0.2, 0) is 0 Å². The molecule has 29 heavy (non-hydrogen) atoms. The fourth-order valence-corrected chi connectivity index (χ4v) is 3.07. The first-order chi connectivity index (χ1) is 14.2. The zero-order valence-corrected chi connectivity index (χ0v) is 15.9. The summed E-state index contributed by atoms with van der Waals surface area (Å²) >= 11 is 0. The minimum absolute atomic E-state index is 0.344. The molecule has 144 valence electrons. The van der Waals surface area contributed by atoms with Crippen molar-refractivity contribution in [2.24, 2.45) is 5.10 Å². The third-order valence-electron chi connectivity index (χ3n) is 4.46. The van der Waals surface area contributed by atoms with Crippen LogP contribution in [0.15, 0.2) is 77.9 Å². The standard InChI is InChI=1S/C23H20N4O2/c1-2-29-18-12-10-16(11-13-18)15-24-27-23(28)22-14-21(25-26-22)20-9-5-7-17-6-3-4-8-19(17)20/h3-15H,2H2,1H3,(H,25,26)(H,27,28)/b24-15-. The first-order valence-electron chi connectivity index (χ1n) is 9.34. The molecule has 0 bridgehead atoms. The van der Waals surface area contributed by atoms with Crippen LogP contribution in [0.25, 0.3) is 22.0 Å². The van der Waals surface area contributed by atoms with Gasteiger partial charge in [-0.1, -0.05) is 42.5 Å². The zero-order chi connectivity index (χ0) is 20.1. The fraction of sp³-hybridized carbons (Fsp3) is 0.0870. The maximum absolute atomic E-state index is 12.4. The quantitative estimate of drug-likeness (QED) is 0.382. The van der Waals surface area contributed by atoms with E-state index < -0.39 is 0 Å². The van der Waals surface area contributed by atoms with Crippen LogP contribution in [0, 0.1) is 0 Å². The van der Waals surface area contributed by atoms with Crippen molar-refractivity contribution in [3.05, 3.63) is 84.1 Å². The number of aromatic amines is 1. The number of amides is 1. The molecular formula is C23H20N4O2. The highest BCUT2D eigenvalue weighted by Gasteiger charge is 2.12. The van der Waals surface area contributed by atoms with Crippen molar-refractivity contribution < 1.29 is 9.53 Å². The molecule has 6 nitrogen and oxygen atoms in total. The SMILES string of the molecule is CCOc1ccc(/C=N\NC(=O)c2cc(-c3cccc4ccccc34)n[nH]2)cc1. The molecule has 0 saturated carbocycles. The Hall–Kier alpha value is -3.93. The Morgan fingerprint density at radius 1 is 1.10 bits per heavy atom. The summed E-state index contributed by atoms with van der Waals surface area (Å²) in [6, 6.07) is 23.3. The second-order valence-electron chi connectivity index (χ2n) is 6.39. The zero-order valence-electron chi connectivity index (χ0n) is 15.9. The van der Waals surface area contributed by atoms with E-state index in [1.807, 2.05) is 61.5 Å². The maximum atomic E-state index is 12.4. The number of ether oxygens (including phenoxy) is 1. The van der Waals surface area contributed by atoms with Crippen molar-refractivity contribution in [1.29, 1.82) is 0 Å². The smallest absolute Gasteiger partial charge is 0.289 e. The molecule has 0 fully saturated rings. The number of hydrogen-bond acceptors (Lipinski definition) is 4. The Morgan fingerprint density at radius 3 is 2.72 bits per heavy atom. The first-order valence-corrected chi connectivity index (χ1v) is 9.34. The van der Waals surface area contributed by atoms with Gasteiger partial charge in [0.15, 0.2) is 0 Å². The summed E-state index contributed by atoms with van der Waals surface area (Å²) < 4.78 is 5.40. The number of carbonyl (C=O) groups is 1. The van der Waals surface area contributed by atoms with Gasteiger partial charge >= 0.3 is 0 Å². The average molecular weight is 384 g/mol. The first kappa shape index (κ1) is 18.4. The van der Waals surface area contributed by atoms with Crippen molar-refractivity contribution in [2.45, 2.75) is 6.92 Å². The molecule has 3 aromatic carbocycles. The number of hydrogen-bond donors (Lipinski definition) is 2. The summed E-state index contributed by atoms with van der Waals surface area (Å²) in [7, 11) is 0. The van der Waals surface area contributed by atoms with Crippen molar-refractivity contribution in [2.75, 3.05) is 6.61 Å².